The molecule has 0 aliphatic rings. The van der Waals surface area contributed by atoms with Gasteiger partial charge in [0.2, 0.25) is 5.91 Å². The zero-order chi connectivity index (χ0) is 20.1. The van der Waals surface area contributed by atoms with Crippen molar-refractivity contribution in [2.24, 2.45) is 7.05 Å². The SMILES string of the molecule is CCC(C)c1ccc(NC(=O)CSc2nnc(-c3ccccc3F)n2C)cc1. The summed E-state index contributed by atoms with van der Waals surface area (Å²) in [5.74, 6) is 0.641. The Kier molecular flexibility index (Phi) is 6.46. The number of nitrogens with one attached hydrogen (secondary N) is 1. The zero-order valence-electron chi connectivity index (χ0n) is 16.1. The van der Waals surface area contributed by atoms with Gasteiger partial charge in [0.25, 0.3) is 0 Å². The fourth-order valence-electron chi connectivity index (χ4n) is 2.78. The summed E-state index contributed by atoms with van der Waals surface area (Å²) >= 11 is 1.26. The maximum atomic E-state index is 14.0. The highest BCUT2D eigenvalue weighted by Crippen LogP contribution is 2.25. The molecule has 0 radical (unpaired) electrons. The molecule has 3 aromatic rings. The fourth-order valence-corrected chi connectivity index (χ4v) is 3.49. The number of anilines is 1. The molecule has 146 valence electrons. The number of thioether (sulfide) groups is 1. The number of aromatic nitrogens is 3. The molecule has 2 aromatic carbocycles. The second kappa shape index (κ2) is 9.01. The lowest BCUT2D eigenvalue weighted by Crippen LogP contribution is -2.14. The molecule has 28 heavy (non-hydrogen) atoms. The van der Waals surface area contributed by atoms with Crippen LogP contribution in [0.5, 0.6) is 0 Å². The molecule has 1 unspecified atom stereocenters. The van der Waals surface area contributed by atoms with Gasteiger partial charge in [-0.1, -0.05) is 49.9 Å². The van der Waals surface area contributed by atoms with Crippen molar-refractivity contribution in [2.45, 2.75) is 31.3 Å². The van der Waals surface area contributed by atoms with E-state index in [1.54, 1.807) is 29.8 Å². The van der Waals surface area contributed by atoms with Crippen LogP contribution in [0.25, 0.3) is 11.4 Å². The quantitative estimate of drug-likeness (QED) is 0.577. The summed E-state index contributed by atoms with van der Waals surface area (Å²) in [5.41, 5.74) is 2.41. The largest absolute Gasteiger partial charge is 0.325 e. The number of hydrogen-bond acceptors (Lipinski definition) is 4. The average Bonchev–Trinajstić information content (AvgIpc) is 3.07. The van der Waals surface area contributed by atoms with E-state index in [1.165, 1.54) is 23.4 Å². The van der Waals surface area contributed by atoms with Crippen molar-refractivity contribution in [3.8, 4) is 11.4 Å². The Balaban J connectivity index is 1.60. The smallest absolute Gasteiger partial charge is 0.234 e. The summed E-state index contributed by atoms with van der Waals surface area (Å²) in [4.78, 5) is 12.3. The minimum atomic E-state index is -0.354. The van der Waals surface area contributed by atoms with Gasteiger partial charge < -0.3 is 9.88 Å². The number of benzene rings is 2. The monoisotopic (exact) mass is 398 g/mol. The Hall–Kier alpha value is -2.67. The van der Waals surface area contributed by atoms with Crippen molar-refractivity contribution < 1.29 is 9.18 Å². The molecule has 1 amide bonds. The number of hydrogen-bond donors (Lipinski definition) is 1. The van der Waals surface area contributed by atoms with Crippen LogP contribution in [0.15, 0.2) is 53.7 Å². The van der Waals surface area contributed by atoms with Crippen LogP contribution in [0.2, 0.25) is 0 Å². The predicted octanol–water partition coefficient (Wildman–Crippen LogP) is 4.87. The van der Waals surface area contributed by atoms with E-state index in [0.717, 1.165) is 12.1 Å². The minimum Gasteiger partial charge on any atom is -0.325 e. The van der Waals surface area contributed by atoms with Crippen LogP contribution in [0.1, 0.15) is 31.7 Å². The minimum absolute atomic E-state index is 0.128. The zero-order valence-corrected chi connectivity index (χ0v) is 17.0. The highest BCUT2D eigenvalue weighted by molar-refractivity contribution is 7.99. The van der Waals surface area contributed by atoms with Crippen LogP contribution in [-0.2, 0) is 11.8 Å². The van der Waals surface area contributed by atoms with Crippen molar-refractivity contribution in [1.82, 2.24) is 14.8 Å². The number of carbonyl (C=O) groups is 1. The van der Waals surface area contributed by atoms with Gasteiger partial charge in [-0.15, -0.1) is 10.2 Å². The first-order chi connectivity index (χ1) is 13.5. The molecule has 0 saturated carbocycles. The highest BCUT2D eigenvalue weighted by Gasteiger charge is 2.15. The first-order valence-electron chi connectivity index (χ1n) is 9.16. The van der Waals surface area contributed by atoms with Crippen LogP contribution in [0.4, 0.5) is 10.1 Å². The van der Waals surface area contributed by atoms with Gasteiger partial charge >= 0.3 is 0 Å². The number of amides is 1. The van der Waals surface area contributed by atoms with Crippen LogP contribution >= 0.6 is 11.8 Å². The van der Waals surface area contributed by atoms with Gasteiger partial charge in [0.1, 0.15) is 5.82 Å². The molecular weight excluding hydrogens is 375 g/mol. The first-order valence-corrected chi connectivity index (χ1v) is 10.1. The summed E-state index contributed by atoms with van der Waals surface area (Å²) in [6, 6.07) is 14.3. The van der Waals surface area contributed by atoms with E-state index in [-0.39, 0.29) is 17.5 Å². The maximum absolute atomic E-state index is 14.0. The highest BCUT2D eigenvalue weighted by atomic mass is 32.2. The molecule has 1 N–H and O–H groups in total. The van der Waals surface area contributed by atoms with Gasteiger partial charge in [-0.2, -0.15) is 0 Å². The van der Waals surface area contributed by atoms with Gasteiger partial charge in [0, 0.05) is 12.7 Å². The Labute approximate surface area is 168 Å². The molecule has 0 aliphatic heterocycles. The molecule has 5 nitrogen and oxygen atoms in total. The van der Waals surface area contributed by atoms with Crippen molar-refractivity contribution in [3.63, 3.8) is 0 Å². The third kappa shape index (κ3) is 4.59. The molecule has 7 heteroatoms. The topological polar surface area (TPSA) is 59.8 Å². The normalized spacial score (nSPS) is 12.0. The molecule has 1 aromatic heterocycles. The number of halogens is 1. The summed E-state index contributed by atoms with van der Waals surface area (Å²) in [5, 5.41) is 11.6. The Morgan fingerprint density at radius 2 is 1.89 bits per heavy atom. The molecule has 0 fully saturated rings. The lowest BCUT2D eigenvalue weighted by Gasteiger charge is -2.10. The summed E-state index contributed by atoms with van der Waals surface area (Å²) in [7, 11) is 1.76. The van der Waals surface area contributed by atoms with E-state index in [0.29, 0.717) is 22.5 Å². The second-order valence-corrected chi connectivity index (χ2v) is 7.56. The van der Waals surface area contributed by atoms with Crippen molar-refractivity contribution >= 4 is 23.4 Å². The van der Waals surface area contributed by atoms with Gasteiger partial charge in [-0.3, -0.25) is 4.79 Å². The van der Waals surface area contributed by atoms with Crippen molar-refractivity contribution in [3.05, 3.63) is 59.9 Å². The van der Waals surface area contributed by atoms with Crippen LogP contribution in [0, 0.1) is 5.82 Å². The van der Waals surface area contributed by atoms with Crippen molar-refractivity contribution in [2.75, 3.05) is 11.1 Å². The van der Waals surface area contributed by atoms with Crippen molar-refractivity contribution in [1.29, 1.82) is 0 Å². The van der Waals surface area contributed by atoms with Gasteiger partial charge in [-0.25, -0.2) is 4.39 Å². The van der Waals surface area contributed by atoms with E-state index in [9.17, 15) is 9.18 Å². The molecule has 3 rings (SSSR count). The summed E-state index contributed by atoms with van der Waals surface area (Å²) in [6.45, 7) is 4.34. The number of rotatable bonds is 7. The van der Waals surface area contributed by atoms with E-state index in [1.807, 2.05) is 24.3 Å². The molecular formula is C21H23FN4OS. The Morgan fingerprint density at radius 3 is 2.57 bits per heavy atom. The first kappa shape index (κ1) is 20.1. The number of carbonyl (C=O) groups excluding carboxylic acids is 1. The van der Waals surface area contributed by atoms with Gasteiger partial charge in [0.15, 0.2) is 11.0 Å². The molecule has 0 saturated heterocycles. The third-order valence-electron chi connectivity index (χ3n) is 4.66. The van der Waals surface area contributed by atoms with Gasteiger partial charge in [0.05, 0.1) is 11.3 Å². The fraction of sp³-hybridized carbons (Fsp3) is 0.286. The standard InChI is InChI=1S/C21H23FN4OS/c1-4-14(2)15-9-11-16(12-10-15)23-19(27)13-28-21-25-24-20(26(21)3)17-7-5-6-8-18(17)22/h5-12,14H,4,13H2,1-3H3,(H,23,27). The Bertz CT molecular complexity index is 955. The van der Waals surface area contributed by atoms with Crippen LogP contribution < -0.4 is 5.32 Å². The van der Waals surface area contributed by atoms with E-state index in [4.69, 9.17) is 0 Å². The van der Waals surface area contributed by atoms with E-state index >= 15 is 0 Å². The average molecular weight is 399 g/mol. The third-order valence-corrected chi connectivity index (χ3v) is 5.68. The summed E-state index contributed by atoms with van der Waals surface area (Å²) < 4.78 is 15.7. The molecule has 0 aliphatic carbocycles. The van der Waals surface area contributed by atoms with E-state index in [2.05, 4.69) is 29.4 Å². The van der Waals surface area contributed by atoms with Crippen LogP contribution in [-0.4, -0.2) is 26.4 Å². The molecule has 1 heterocycles. The molecule has 0 bridgehead atoms. The predicted molar refractivity (Wildman–Crippen MR) is 111 cm³/mol. The lowest BCUT2D eigenvalue weighted by atomic mass is 9.99. The molecule has 0 spiro atoms. The summed E-state index contributed by atoms with van der Waals surface area (Å²) in [6.07, 6.45) is 1.08. The van der Waals surface area contributed by atoms with Gasteiger partial charge in [-0.05, 0) is 42.2 Å². The Morgan fingerprint density at radius 1 is 1.18 bits per heavy atom. The van der Waals surface area contributed by atoms with E-state index < -0.39 is 0 Å². The molecule has 1 atom stereocenters. The number of nitrogens with zero attached hydrogens (tertiary/aromatic N) is 3. The maximum Gasteiger partial charge on any atom is 0.234 e. The second-order valence-electron chi connectivity index (χ2n) is 6.61. The lowest BCUT2D eigenvalue weighted by molar-refractivity contribution is -0.113. The van der Waals surface area contributed by atoms with Crippen LogP contribution in [0.3, 0.4) is 0 Å².